The van der Waals surface area contributed by atoms with Gasteiger partial charge in [0.25, 0.3) is 0 Å². The Morgan fingerprint density at radius 1 is 0.536 bits per heavy atom. The summed E-state index contributed by atoms with van der Waals surface area (Å²) in [4.78, 5) is 8.68. The lowest BCUT2D eigenvalue weighted by Crippen LogP contribution is -2.05. The first kappa shape index (κ1) is 34.5. The first-order valence-corrected chi connectivity index (χ1v) is 19.3. The molecular weight excluding hydrogens is 737 g/mol. The van der Waals surface area contributed by atoms with Crippen LogP contribution in [-0.4, -0.2) is 49.6 Å². The predicted molar refractivity (Wildman–Crippen MR) is 216 cm³/mol. The summed E-state index contributed by atoms with van der Waals surface area (Å²) in [6.45, 7) is 4.20. The molecule has 0 saturated heterocycles. The summed E-state index contributed by atoms with van der Waals surface area (Å²) >= 11 is 3.25. The Hall–Kier alpha value is -7.26. The van der Waals surface area contributed by atoms with E-state index in [2.05, 4.69) is 80.6 Å². The highest BCUT2D eigenvalue weighted by Crippen LogP contribution is 2.30. The number of hydrogen-bond donors (Lipinski definition) is 0. The first-order chi connectivity index (χ1) is 27.4. The van der Waals surface area contributed by atoms with Gasteiger partial charge in [-0.15, -0.1) is 43.1 Å². The summed E-state index contributed by atoms with van der Waals surface area (Å²) in [5.41, 5.74) is 13.9. The normalized spacial score (nSPS) is 12.3. The van der Waals surface area contributed by atoms with Gasteiger partial charge in [0, 0.05) is 23.0 Å². The molecule has 0 aliphatic carbocycles. The fourth-order valence-corrected chi connectivity index (χ4v) is 7.99. The van der Waals surface area contributed by atoms with Crippen LogP contribution in [0.5, 0.6) is 0 Å². The molecule has 0 fully saturated rings. The molecule has 0 bridgehead atoms. The van der Waals surface area contributed by atoms with Crippen LogP contribution < -0.4 is 0 Å². The first-order valence-electron chi connectivity index (χ1n) is 17.6. The van der Waals surface area contributed by atoms with Gasteiger partial charge < -0.3 is 0 Å². The van der Waals surface area contributed by atoms with Crippen molar-refractivity contribution in [2.45, 2.75) is 25.7 Å². The Bertz CT molecular complexity index is 2930. The maximum Gasteiger partial charge on any atom is 0.177 e. The fourth-order valence-electron chi connectivity index (χ4n) is 6.54. The highest BCUT2D eigenvalue weighted by molar-refractivity contribution is 7.17. The van der Waals surface area contributed by atoms with Crippen molar-refractivity contribution in [3.63, 3.8) is 0 Å². The number of nitrogens with zero attached hydrogens (tertiary/aromatic N) is 12. The van der Waals surface area contributed by atoms with Crippen LogP contribution in [0.1, 0.15) is 59.6 Å². The average molecular weight is 765 g/mol. The lowest BCUT2D eigenvalue weighted by Gasteiger charge is -2.10. The van der Waals surface area contributed by atoms with Gasteiger partial charge in [-0.1, -0.05) is 50.2 Å². The molecule has 0 unspecified atom stereocenters. The number of rotatable bonds is 6. The van der Waals surface area contributed by atoms with Crippen molar-refractivity contribution in [2.24, 2.45) is 0 Å². The highest BCUT2D eigenvalue weighted by Gasteiger charge is 2.20. The van der Waals surface area contributed by atoms with Gasteiger partial charge >= 0.3 is 0 Å². The third kappa shape index (κ3) is 6.49. The summed E-state index contributed by atoms with van der Waals surface area (Å²) in [5, 5.41) is 45.1. The highest BCUT2D eigenvalue weighted by atomic mass is 32.1. The van der Waals surface area contributed by atoms with Crippen LogP contribution >= 0.6 is 22.7 Å². The number of fused-ring (bicyclic) bond motifs is 4. The van der Waals surface area contributed by atoms with Crippen LogP contribution in [0.3, 0.4) is 0 Å². The molecule has 10 rings (SSSR count). The zero-order valence-electron chi connectivity index (χ0n) is 29.9. The molecule has 0 N–H and O–H groups in total. The van der Waals surface area contributed by atoms with Gasteiger partial charge in [-0.25, -0.2) is 9.97 Å². The Labute approximate surface area is 327 Å². The summed E-state index contributed by atoms with van der Waals surface area (Å²) < 4.78 is 5.88. The SMILES string of the molecule is C[C@@H](c1ccc2ncsc2c1)c1nnc2ccc(-c3cccc(C#N)c3)nn12.C[C@H](c1ccc2ncsc2c1)c1nnc2ccc(-c3cccc(C#N)c3)nn12. The summed E-state index contributed by atoms with van der Waals surface area (Å²) in [6.07, 6.45) is 0. The fraction of sp³-hybridized carbons (Fsp3) is 0.0952. The van der Waals surface area contributed by atoms with Crippen molar-refractivity contribution in [3.8, 4) is 34.7 Å². The maximum atomic E-state index is 9.15. The quantitative estimate of drug-likeness (QED) is 0.160. The third-order valence-electron chi connectivity index (χ3n) is 9.63. The van der Waals surface area contributed by atoms with Crippen LogP contribution in [0.2, 0.25) is 0 Å². The van der Waals surface area contributed by atoms with Crippen molar-refractivity contribution in [3.05, 3.63) is 154 Å². The zero-order valence-corrected chi connectivity index (χ0v) is 31.5. The molecule has 6 heterocycles. The van der Waals surface area contributed by atoms with E-state index in [9.17, 15) is 0 Å². The van der Waals surface area contributed by atoms with Gasteiger partial charge in [-0.2, -0.15) is 29.8 Å². The number of thiazole rings is 2. The van der Waals surface area contributed by atoms with Gasteiger partial charge in [0.05, 0.1) is 66.1 Å². The van der Waals surface area contributed by atoms with Crippen LogP contribution in [0.4, 0.5) is 0 Å². The summed E-state index contributed by atoms with van der Waals surface area (Å²) in [5.74, 6) is 1.60. The second-order valence-corrected chi connectivity index (χ2v) is 14.9. The molecule has 10 aromatic rings. The second-order valence-electron chi connectivity index (χ2n) is 13.1. The van der Waals surface area contributed by atoms with E-state index in [1.807, 2.05) is 83.8 Å². The minimum atomic E-state index is 0.0229. The van der Waals surface area contributed by atoms with Gasteiger partial charge in [0.1, 0.15) is 0 Å². The number of hydrogen-bond acceptors (Lipinski definition) is 12. The molecule has 0 aliphatic heterocycles. The van der Waals surface area contributed by atoms with E-state index in [0.29, 0.717) is 22.4 Å². The van der Waals surface area contributed by atoms with E-state index < -0.39 is 0 Å². The molecule has 0 radical (unpaired) electrons. The topological polar surface area (TPSA) is 160 Å². The Balaban J connectivity index is 0.000000146. The maximum absolute atomic E-state index is 9.15. The predicted octanol–water partition coefficient (Wildman–Crippen LogP) is 8.85. The van der Waals surface area contributed by atoms with Crippen molar-refractivity contribution in [1.29, 1.82) is 10.5 Å². The van der Waals surface area contributed by atoms with Gasteiger partial charge in [0.15, 0.2) is 22.9 Å². The minimum Gasteiger partial charge on any atom is -0.245 e. The lowest BCUT2D eigenvalue weighted by atomic mass is 10.0. The van der Waals surface area contributed by atoms with E-state index in [4.69, 9.17) is 20.7 Å². The van der Waals surface area contributed by atoms with Crippen LogP contribution in [0.15, 0.2) is 120 Å². The smallest absolute Gasteiger partial charge is 0.177 e. The molecule has 12 nitrogen and oxygen atoms in total. The van der Waals surface area contributed by atoms with Crippen LogP contribution in [0.25, 0.3) is 54.2 Å². The Morgan fingerprint density at radius 3 is 1.45 bits per heavy atom. The Kier molecular flexibility index (Phi) is 8.95. The molecule has 2 atom stereocenters. The molecule has 268 valence electrons. The largest absolute Gasteiger partial charge is 0.245 e. The molecule has 4 aromatic carbocycles. The van der Waals surface area contributed by atoms with Crippen LogP contribution in [-0.2, 0) is 0 Å². The summed E-state index contributed by atoms with van der Waals surface area (Å²) in [6, 6.07) is 39.3. The molecule has 0 spiro atoms. The van der Waals surface area contributed by atoms with Gasteiger partial charge in [-0.05, 0) is 83.9 Å². The molecule has 0 aliphatic rings. The third-order valence-corrected chi connectivity index (χ3v) is 11.2. The molecule has 56 heavy (non-hydrogen) atoms. The second kappa shape index (κ2) is 14.5. The molecular formula is C42H28N12S2. The van der Waals surface area contributed by atoms with E-state index in [-0.39, 0.29) is 11.8 Å². The molecule has 0 amide bonds. The van der Waals surface area contributed by atoms with Crippen LogP contribution in [0, 0.1) is 22.7 Å². The standard InChI is InChI=1S/2C21H14N6S/c2*1-13(15-5-6-18-19(10-15)28-12-23-18)21-25-24-20-8-7-17(26-27(20)21)16-4-2-3-14(9-16)11-22/h2*2-10,12-13H,1H3/t2*13-/m10/s1. The lowest BCUT2D eigenvalue weighted by molar-refractivity contribution is 0.753. The van der Waals surface area contributed by atoms with E-state index in [1.165, 1.54) is 0 Å². The van der Waals surface area contributed by atoms with Gasteiger partial charge in [-0.3, -0.25) is 0 Å². The summed E-state index contributed by atoms with van der Waals surface area (Å²) in [7, 11) is 0. The number of aromatic nitrogens is 10. The molecule has 0 saturated carbocycles. The van der Waals surface area contributed by atoms with Crippen molar-refractivity contribution >= 4 is 54.4 Å². The van der Waals surface area contributed by atoms with Crippen molar-refractivity contribution < 1.29 is 0 Å². The van der Waals surface area contributed by atoms with E-state index in [1.54, 1.807) is 43.8 Å². The zero-order chi connectivity index (χ0) is 38.2. The molecule has 14 heteroatoms. The van der Waals surface area contributed by atoms with E-state index >= 15 is 0 Å². The van der Waals surface area contributed by atoms with Crippen molar-refractivity contribution in [1.82, 2.24) is 49.6 Å². The Morgan fingerprint density at radius 2 is 1.00 bits per heavy atom. The average Bonchev–Trinajstić information content (AvgIpc) is 4.09. The number of nitriles is 2. The van der Waals surface area contributed by atoms with Gasteiger partial charge in [0.2, 0.25) is 0 Å². The minimum absolute atomic E-state index is 0.0229. The van der Waals surface area contributed by atoms with Crippen molar-refractivity contribution in [2.75, 3.05) is 0 Å². The molecule has 6 aromatic heterocycles. The monoisotopic (exact) mass is 764 g/mol. The van der Waals surface area contributed by atoms with E-state index in [0.717, 1.165) is 65.7 Å². The number of benzene rings is 4.